The van der Waals surface area contributed by atoms with Crippen LogP contribution in [0.15, 0.2) is 24.3 Å². The molecule has 1 aliphatic rings. The molecule has 10 nitrogen and oxygen atoms in total. The van der Waals surface area contributed by atoms with Crippen molar-refractivity contribution < 1.29 is 59.8 Å². The highest BCUT2D eigenvalue weighted by molar-refractivity contribution is 7.88. The summed E-state index contributed by atoms with van der Waals surface area (Å²) in [4.78, 5) is 22.5. The van der Waals surface area contributed by atoms with Crippen LogP contribution in [-0.4, -0.2) is 67.1 Å². The minimum absolute atomic E-state index is 0.351. The summed E-state index contributed by atoms with van der Waals surface area (Å²) in [5, 5.41) is 20.9. The normalized spacial score (nSPS) is 26.7. The van der Waals surface area contributed by atoms with Crippen LogP contribution in [0.1, 0.15) is 25.5 Å². The monoisotopic (exact) mass is 472 g/mol. The van der Waals surface area contributed by atoms with E-state index in [9.17, 15) is 41.4 Å². The molecule has 3 unspecified atom stereocenters. The van der Waals surface area contributed by atoms with Crippen LogP contribution >= 0.6 is 0 Å². The van der Waals surface area contributed by atoms with Crippen molar-refractivity contribution in [2.24, 2.45) is 0 Å². The van der Waals surface area contributed by atoms with Crippen molar-refractivity contribution in [1.29, 1.82) is 0 Å². The fourth-order valence-electron chi connectivity index (χ4n) is 2.82. The highest BCUT2D eigenvalue weighted by Gasteiger charge is 2.51. The van der Waals surface area contributed by atoms with Crippen LogP contribution in [0.3, 0.4) is 0 Å². The van der Waals surface area contributed by atoms with Gasteiger partial charge in [-0.15, -0.1) is 0 Å². The van der Waals surface area contributed by atoms with Crippen molar-refractivity contribution in [2.75, 3.05) is 6.61 Å². The second kappa shape index (κ2) is 9.38. The summed E-state index contributed by atoms with van der Waals surface area (Å²) in [6.45, 7) is 1.54. The molecule has 0 bridgehead atoms. The third-order valence-electron chi connectivity index (χ3n) is 4.15. The molecule has 1 fully saturated rings. The molecule has 31 heavy (non-hydrogen) atoms. The Morgan fingerprint density at radius 3 is 2.26 bits per heavy atom. The summed E-state index contributed by atoms with van der Waals surface area (Å²) >= 11 is 0. The number of aliphatic hydroxyl groups is 2. The molecule has 0 amide bonds. The molecule has 0 spiro atoms. The lowest BCUT2D eigenvalue weighted by Crippen LogP contribution is -2.57. The lowest BCUT2D eigenvalue weighted by Gasteiger charge is -2.42. The van der Waals surface area contributed by atoms with E-state index in [1.54, 1.807) is 0 Å². The van der Waals surface area contributed by atoms with E-state index in [0.29, 0.717) is 0 Å². The predicted octanol–water partition coefficient (Wildman–Crippen LogP) is 0.572. The first-order valence-corrected chi connectivity index (χ1v) is 10.1. The van der Waals surface area contributed by atoms with Gasteiger partial charge in [0.25, 0.3) is 0 Å². The number of benzene rings is 1. The van der Waals surface area contributed by atoms with Crippen LogP contribution in [0, 0.1) is 0 Å². The maximum absolute atomic E-state index is 12.7. The number of esters is 2. The molecule has 0 aliphatic carbocycles. The number of ether oxygens (including phenoxy) is 3. The molecule has 1 aromatic carbocycles. The number of hydrogen-bond acceptors (Lipinski definition) is 10. The van der Waals surface area contributed by atoms with E-state index in [4.69, 9.17) is 14.2 Å². The third kappa shape index (κ3) is 5.84. The zero-order chi connectivity index (χ0) is 23.6. The first-order chi connectivity index (χ1) is 14.2. The second-order valence-corrected chi connectivity index (χ2v) is 8.01. The topological polar surface area (TPSA) is 146 Å². The van der Waals surface area contributed by atoms with Crippen LogP contribution in [0.25, 0.3) is 0 Å². The smallest absolute Gasteiger partial charge is 0.463 e. The van der Waals surface area contributed by atoms with Gasteiger partial charge in [0.15, 0.2) is 6.10 Å². The maximum atomic E-state index is 12.7. The molecule has 2 rings (SSSR count). The van der Waals surface area contributed by atoms with Gasteiger partial charge in [0, 0.05) is 19.4 Å². The van der Waals surface area contributed by atoms with Crippen LogP contribution in [-0.2, 0) is 33.9 Å². The van der Waals surface area contributed by atoms with Crippen LogP contribution < -0.4 is 4.18 Å². The molecule has 1 saturated heterocycles. The van der Waals surface area contributed by atoms with E-state index in [0.717, 1.165) is 26.0 Å². The summed E-state index contributed by atoms with van der Waals surface area (Å²) in [7, 11) is -6.04. The van der Waals surface area contributed by atoms with Gasteiger partial charge in [-0.25, -0.2) is 0 Å². The molecule has 2 N–H and O–H groups in total. The summed E-state index contributed by atoms with van der Waals surface area (Å²) in [5.41, 5.74) is -6.07. The number of carbonyl (C=O) groups is 2. The van der Waals surface area contributed by atoms with E-state index < -0.39 is 70.4 Å². The van der Waals surface area contributed by atoms with Gasteiger partial charge >= 0.3 is 27.6 Å². The Kier molecular flexibility index (Phi) is 7.52. The van der Waals surface area contributed by atoms with Gasteiger partial charge < -0.3 is 28.6 Å². The van der Waals surface area contributed by atoms with Crippen molar-refractivity contribution >= 4 is 22.1 Å². The molecular formula is C17H19F3O10S. The Hall–Kier alpha value is -2.42. The minimum Gasteiger partial charge on any atom is -0.463 e. The second-order valence-electron chi connectivity index (χ2n) is 6.47. The van der Waals surface area contributed by atoms with E-state index >= 15 is 0 Å². The maximum Gasteiger partial charge on any atom is 0.534 e. The summed E-state index contributed by atoms with van der Waals surface area (Å²) in [6, 6.07) is 4.47. The number of carbonyl (C=O) groups excluding carboxylic acids is 2. The standard InChI is InChI=1S/C17H19F3O10S/c1-8(21)27-7-12-16(28-9(2)22)14(24)13(23)15(29-12)10-5-3-4-6-11(10)30-31(25,26)17(18,19)20/h3-6,12-16,23-24H,7H2,1-2H3/t12?,13?,14?,15-,16-/m1/s1. The number of alkyl halides is 3. The minimum atomic E-state index is -6.04. The molecule has 14 heteroatoms. The quantitative estimate of drug-likeness (QED) is 0.342. The number of aliphatic hydroxyl groups excluding tert-OH is 2. The van der Waals surface area contributed by atoms with Gasteiger partial charge in [0.1, 0.15) is 36.8 Å². The zero-order valence-electron chi connectivity index (χ0n) is 16.1. The van der Waals surface area contributed by atoms with Crippen molar-refractivity contribution in [3.05, 3.63) is 29.8 Å². The molecule has 0 saturated carbocycles. The number of halogens is 3. The molecule has 5 atom stereocenters. The number of hydrogen-bond donors (Lipinski definition) is 2. The highest BCUT2D eigenvalue weighted by Crippen LogP contribution is 2.39. The van der Waals surface area contributed by atoms with Crippen LogP contribution in [0.4, 0.5) is 13.2 Å². The van der Waals surface area contributed by atoms with Crippen LogP contribution in [0.2, 0.25) is 0 Å². The predicted molar refractivity (Wildman–Crippen MR) is 93.9 cm³/mol. The van der Waals surface area contributed by atoms with E-state index in [2.05, 4.69) is 4.18 Å². The van der Waals surface area contributed by atoms with Gasteiger partial charge in [0.05, 0.1) is 0 Å². The lowest BCUT2D eigenvalue weighted by atomic mass is 9.90. The van der Waals surface area contributed by atoms with Crippen molar-refractivity contribution in [1.82, 2.24) is 0 Å². The summed E-state index contributed by atoms with van der Waals surface area (Å²) in [6.07, 6.45) is -8.16. The molecule has 1 aliphatic heterocycles. The van der Waals surface area contributed by atoms with E-state index in [-0.39, 0.29) is 5.56 Å². The van der Waals surface area contributed by atoms with Crippen molar-refractivity contribution in [2.45, 2.75) is 49.9 Å². The van der Waals surface area contributed by atoms with Gasteiger partial charge in [0.2, 0.25) is 0 Å². The Morgan fingerprint density at radius 1 is 1.10 bits per heavy atom. The third-order valence-corrected chi connectivity index (χ3v) is 5.11. The lowest BCUT2D eigenvalue weighted by molar-refractivity contribution is -0.242. The largest absolute Gasteiger partial charge is 0.534 e. The van der Waals surface area contributed by atoms with Crippen molar-refractivity contribution in [3.63, 3.8) is 0 Å². The Balaban J connectivity index is 2.42. The van der Waals surface area contributed by atoms with Gasteiger partial charge in [-0.3, -0.25) is 9.59 Å². The van der Waals surface area contributed by atoms with Crippen LogP contribution in [0.5, 0.6) is 5.75 Å². The van der Waals surface area contributed by atoms with Crippen molar-refractivity contribution in [3.8, 4) is 5.75 Å². The van der Waals surface area contributed by atoms with Gasteiger partial charge in [-0.2, -0.15) is 21.6 Å². The number of rotatable bonds is 6. The van der Waals surface area contributed by atoms with E-state index in [1.807, 2.05) is 0 Å². The Labute approximate surface area is 174 Å². The SMILES string of the molecule is CC(=O)OCC1O[C@H](c2ccccc2OS(=O)(=O)C(F)(F)F)C(O)C(O)[C@@H]1OC(C)=O. The molecule has 174 valence electrons. The zero-order valence-corrected chi connectivity index (χ0v) is 16.9. The fourth-order valence-corrected chi connectivity index (χ4v) is 3.31. The Bertz CT molecular complexity index is 917. The molecule has 0 aromatic heterocycles. The summed E-state index contributed by atoms with van der Waals surface area (Å²) in [5.74, 6) is -2.42. The first-order valence-electron chi connectivity index (χ1n) is 8.66. The highest BCUT2D eigenvalue weighted by atomic mass is 32.2. The Morgan fingerprint density at radius 2 is 1.71 bits per heavy atom. The fraction of sp³-hybridized carbons (Fsp3) is 0.529. The molecular weight excluding hydrogens is 453 g/mol. The molecule has 1 heterocycles. The van der Waals surface area contributed by atoms with Gasteiger partial charge in [-0.05, 0) is 6.07 Å². The summed E-state index contributed by atoms with van der Waals surface area (Å²) < 4.78 is 80.4. The average molecular weight is 472 g/mol. The number of para-hydroxylation sites is 1. The average Bonchev–Trinajstić information content (AvgIpc) is 2.64. The van der Waals surface area contributed by atoms with E-state index in [1.165, 1.54) is 12.1 Å². The van der Waals surface area contributed by atoms with Gasteiger partial charge in [-0.1, -0.05) is 18.2 Å². The first kappa shape index (κ1) is 24.8. The molecule has 1 aromatic rings. The molecule has 0 radical (unpaired) electrons.